The Balaban J connectivity index is 2.59. The van der Waals surface area contributed by atoms with Crippen molar-refractivity contribution >= 4 is 5.95 Å². The van der Waals surface area contributed by atoms with Gasteiger partial charge in [0, 0.05) is 7.05 Å². The van der Waals surface area contributed by atoms with Gasteiger partial charge in [0.25, 0.3) is 0 Å². The van der Waals surface area contributed by atoms with Gasteiger partial charge in [0.1, 0.15) is 0 Å². The second kappa shape index (κ2) is 3.30. The molecule has 1 aromatic heterocycles. The summed E-state index contributed by atoms with van der Waals surface area (Å²) in [6, 6.07) is 3.82. The van der Waals surface area contributed by atoms with E-state index in [1.54, 1.807) is 7.05 Å². The highest BCUT2D eigenvalue weighted by Crippen LogP contribution is 2.21. The molecule has 78 valence electrons. The van der Waals surface area contributed by atoms with Crippen molar-refractivity contribution in [2.75, 3.05) is 5.73 Å². The molecule has 0 bridgehead atoms. The van der Waals surface area contributed by atoms with Crippen LogP contribution in [0.25, 0.3) is 11.4 Å². The van der Waals surface area contributed by atoms with Crippen molar-refractivity contribution in [1.29, 1.82) is 0 Å². The lowest BCUT2D eigenvalue weighted by molar-refractivity contribution is 0.510. The second-order valence-corrected chi connectivity index (χ2v) is 3.02. The molecule has 6 heteroatoms. The first kappa shape index (κ1) is 9.57. The Hall–Kier alpha value is -1.98. The lowest BCUT2D eigenvalue weighted by atomic mass is 10.2. The van der Waals surface area contributed by atoms with E-state index < -0.39 is 11.6 Å². The minimum atomic E-state index is -0.969. The van der Waals surface area contributed by atoms with E-state index in [2.05, 4.69) is 10.1 Å². The fourth-order valence-electron chi connectivity index (χ4n) is 1.19. The summed E-state index contributed by atoms with van der Waals surface area (Å²) in [4.78, 5) is 3.81. The number of hydrogen-bond acceptors (Lipinski definition) is 3. The molecule has 2 rings (SSSR count). The highest BCUT2D eigenvalue weighted by atomic mass is 19.2. The number of halogens is 2. The standard InChI is InChI=1S/C9H8F2N4/c1-15-9(12)13-8(14-15)5-3-2-4-6(10)7(5)11/h2-4H,1H3,(H2,12,13,14). The van der Waals surface area contributed by atoms with Gasteiger partial charge in [-0.15, -0.1) is 5.10 Å². The fraction of sp³-hybridized carbons (Fsp3) is 0.111. The molecule has 0 saturated carbocycles. The summed E-state index contributed by atoms with van der Waals surface area (Å²) in [6.07, 6.45) is 0. The number of nitrogens with zero attached hydrogens (tertiary/aromatic N) is 3. The number of aromatic nitrogens is 3. The molecule has 4 nitrogen and oxygen atoms in total. The van der Waals surface area contributed by atoms with Crippen LogP contribution in [0.2, 0.25) is 0 Å². The predicted octanol–water partition coefficient (Wildman–Crippen LogP) is 1.34. The van der Waals surface area contributed by atoms with Crippen LogP contribution in [-0.4, -0.2) is 14.8 Å². The molecule has 0 aliphatic heterocycles. The molecule has 0 spiro atoms. The lowest BCUT2D eigenvalue weighted by Gasteiger charge is -1.97. The molecule has 15 heavy (non-hydrogen) atoms. The molecule has 2 N–H and O–H groups in total. The Morgan fingerprint density at radius 3 is 2.67 bits per heavy atom. The maximum absolute atomic E-state index is 13.3. The van der Waals surface area contributed by atoms with Gasteiger partial charge in [0.05, 0.1) is 5.56 Å². The maximum atomic E-state index is 13.3. The molecular weight excluding hydrogens is 202 g/mol. The van der Waals surface area contributed by atoms with E-state index in [1.165, 1.54) is 16.8 Å². The Morgan fingerprint density at radius 2 is 2.07 bits per heavy atom. The van der Waals surface area contributed by atoms with E-state index in [1.807, 2.05) is 0 Å². The zero-order chi connectivity index (χ0) is 11.0. The number of benzene rings is 1. The van der Waals surface area contributed by atoms with Crippen LogP contribution >= 0.6 is 0 Å². The van der Waals surface area contributed by atoms with Crippen LogP contribution in [-0.2, 0) is 7.05 Å². The third-order valence-electron chi connectivity index (χ3n) is 1.99. The lowest BCUT2D eigenvalue weighted by Crippen LogP contribution is -1.97. The first-order chi connectivity index (χ1) is 7.09. The van der Waals surface area contributed by atoms with E-state index in [0.717, 1.165) is 6.07 Å². The number of aryl methyl sites for hydroxylation is 1. The largest absolute Gasteiger partial charge is 0.368 e. The van der Waals surface area contributed by atoms with Crippen molar-refractivity contribution in [3.05, 3.63) is 29.8 Å². The summed E-state index contributed by atoms with van der Waals surface area (Å²) >= 11 is 0. The van der Waals surface area contributed by atoms with Crippen molar-refractivity contribution in [2.24, 2.45) is 7.05 Å². The van der Waals surface area contributed by atoms with Crippen molar-refractivity contribution in [3.63, 3.8) is 0 Å². The highest BCUT2D eigenvalue weighted by Gasteiger charge is 2.14. The molecule has 0 radical (unpaired) electrons. The Labute approximate surface area is 84.4 Å². The first-order valence-electron chi connectivity index (χ1n) is 4.20. The summed E-state index contributed by atoms with van der Waals surface area (Å²) in [5.74, 6) is -1.68. The van der Waals surface area contributed by atoms with Crippen molar-refractivity contribution in [1.82, 2.24) is 14.8 Å². The van der Waals surface area contributed by atoms with Gasteiger partial charge in [-0.2, -0.15) is 4.98 Å². The second-order valence-electron chi connectivity index (χ2n) is 3.02. The van der Waals surface area contributed by atoms with Gasteiger partial charge in [0.15, 0.2) is 17.5 Å². The normalized spacial score (nSPS) is 10.6. The Morgan fingerprint density at radius 1 is 1.33 bits per heavy atom. The number of rotatable bonds is 1. The van der Waals surface area contributed by atoms with E-state index >= 15 is 0 Å². The van der Waals surface area contributed by atoms with Crippen LogP contribution < -0.4 is 5.73 Å². The molecule has 0 atom stereocenters. The Kier molecular flexibility index (Phi) is 2.11. The van der Waals surface area contributed by atoms with E-state index in [4.69, 9.17) is 5.73 Å². The van der Waals surface area contributed by atoms with Crippen LogP contribution in [0.3, 0.4) is 0 Å². The smallest absolute Gasteiger partial charge is 0.218 e. The molecule has 0 aliphatic rings. The monoisotopic (exact) mass is 210 g/mol. The highest BCUT2D eigenvalue weighted by molar-refractivity contribution is 5.56. The average Bonchev–Trinajstić information content (AvgIpc) is 2.51. The summed E-state index contributed by atoms with van der Waals surface area (Å²) in [5.41, 5.74) is 5.44. The van der Waals surface area contributed by atoms with Crippen LogP contribution in [0.1, 0.15) is 0 Å². The van der Waals surface area contributed by atoms with E-state index in [0.29, 0.717) is 0 Å². The first-order valence-corrected chi connectivity index (χ1v) is 4.20. The van der Waals surface area contributed by atoms with Crippen molar-refractivity contribution < 1.29 is 8.78 Å². The minimum Gasteiger partial charge on any atom is -0.368 e. The van der Waals surface area contributed by atoms with Gasteiger partial charge >= 0.3 is 0 Å². The van der Waals surface area contributed by atoms with Crippen molar-refractivity contribution in [2.45, 2.75) is 0 Å². The fourth-order valence-corrected chi connectivity index (χ4v) is 1.19. The zero-order valence-corrected chi connectivity index (χ0v) is 7.91. The topological polar surface area (TPSA) is 56.7 Å². The van der Waals surface area contributed by atoms with Gasteiger partial charge in [0.2, 0.25) is 5.95 Å². The summed E-state index contributed by atoms with van der Waals surface area (Å²) in [7, 11) is 1.57. The molecule has 0 aliphatic carbocycles. The Bertz CT molecular complexity index is 487. The summed E-state index contributed by atoms with van der Waals surface area (Å²) < 4.78 is 27.5. The third kappa shape index (κ3) is 1.54. The molecule has 1 heterocycles. The molecule has 2 aromatic rings. The van der Waals surface area contributed by atoms with Gasteiger partial charge in [-0.25, -0.2) is 13.5 Å². The quantitative estimate of drug-likeness (QED) is 0.772. The van der Waals surface area contributed by atoms with Crippen LogP contribution in [0, 0.1) is 11.6 Å². The molecule has 0 amide bonds. The number of hydrogen-bond donors (Lipinski definition) is 1. The molecule has 1 aromatic carbocycles. The van der Waals surface area contributed by atoms with Crippen LogP contribution in [0.15, 0.2) is 18.2 Å². The van der Waals surface area contributed by atoms with E-state index in [-0.39, 0.29) is 17.3 Å². The molecule has 0 saturated heterocycles. The van der Waals surface area contributed by atoms with Gasteiger partial charge in [-0.05, 0) is 12.1 Å². The third-order valence-corrected chi connectivity index (χ3v) is 1.99. The predicted molar refractivity (Wildman–Crippen MR) is 50.8 cm³/mol. The van der Waals surface area contributed by atoms with Crippen LogP contribution in [0.5, 0.6) is 0 Å². The minimum absolute atomic E-state index is 0.00213. The average molecular weight is 210 g/mol. The van der Waals surface area contributed by atoms with Crippen LogP contribution in [0.4, 0.5) is 14.7 Å². The number of nitrogens with two attached hydrogens (primary N) is 1. The summed E-state index contributed by atoms with van der Waals surface area (Å²) in [6.45, 7) is 0. The molecular formula is C9H8F2N4. The zero-order valence-electron chi connectivity index (χ0n) is 7.91. The number of nitrogen functional groups attached to an aromatic ring is 1. The molecule has 0 unspecified atom stereocenters. The maximum Gasteiger partial charge on any atom is 0.218 e. The molecule has 0 fully saturated rings. The number of anilines is 1. The van der Waals surface area contributed by atoms with E-state index in [9.17, 15) is 8.78 Å². The van der Waals surface area contributed by atoms with Gasteiger partial charge in [-0.3, -0.25) is 0 Å². The summed E-state index contributed by atoms with van der Waals surface area (Å²) in [5, 5.41) is 3.86. The SMILES string of the molecule is Cn1nc(-c2cccc(F)c2F)nc1N. The van der Waals surface area contributed by atoms with Gasteiger partial charge in [-0.1, -0.05) is 6.07 Å². The van der Waals surface area contributed by atoms with Crippen molar-refractivity contribution in [3.8, 4) is 11.4 Å². The van der Waals surface area contributed by atoms with Gasteiger partial charge < -0.3 is 5.73 Å².